The number of carbonyl (C=O) groups excluding carboxylic acids is 1. The Morgan fingerprint density at radius 2 is 1.93 bits per heavy atom. The monoisotopic (exact) mass is 194 g/mol. The molecule has 0 aliphatic carbocycles. The maximum absolute atomic E-state index is 11.3. The second kappa shape index (κ2) is 4.09. The Hall–Kier alpha value is -1.58. The molecular formula is C10H14N2O2. The lowest BCUT2D eigenvalue weighted by Gasteiger charge is -2.19. The summed E-state index contributed by atoms with van der Waals surface area (Å²) in [4.78, 5) is 15.1. The van der Waals surface area contributed by atoms with E-state index in [4.69, 9.17) is 4.74 Å². The zero-order chi connectivity index (χ0) is 10.6. The van der Waals surface area contributed by atoms with Gasteiger partial charge in [-0.25, -0.2) is 4.79 Å². The lowest BCUT2D eigenvalue weighted by molar-refractivity contribution is 0.190. The molecule has 1 N–H and O–H groups in total. The second-order valence-electron chi connectivity index (χ2n) is 3.95. The van der Waals surface area contributed by atoms with Gasteiger partial charge in [0.15, 0.2) is 0 Å². The predicted octanol–water partition coefficient (Wildman–Crippen LogP) is 1.97. The molecule has 0 unspecified atom stereocenters. The van der Waals surface area contributed by atoms with Gasteiger partial charge < -0.3 is 10.1 Å². The molecule has 0 saturated heterocycles. The van der Waals surface area contributed by atoms with Gasteiger partial charge in [-0.1, -0.05) is 0 Å². The van der Waals surface area contributed by atoms with Gasteiger partial charge in [-0.3, -0.25) is 4.98 Å². The van der Waals surface area contributed by atoms with E-state index in [0.29, 0.717) is 5.75 Å². The predicted molar refractivity (Wildman–Crippen MR) is 53.1 cm³/mol. The Labute approximate surface area is 83.3 Å². The largest absolute Gasteiger partial charge is 0.413 e. The van der Waals surface area contributed by atoms with Crippen LogP contribution < -0.4 is 10.1 Å². The maximum atomic E-state index is 11.3. The third-order valence-corrected chi connectivity index (χ3v) is 1.34. The summed E-state index contributed by atoms with van der Waals surface area (Å²) in [5.41, 5.74) is -0.288. The van der Waals surface area contributed by atoms with Gasteiger partial charge >= 0.3 is 6.09 Å². The molecule has 0 aromatic carbocycles. The van der Waals surface area contributed by atoms with Crippen LogP contribution in [0.15, 0.2) is 24.5 Å². The van der Waals surface area contributed by atoms with E-state index in [9.17, 15) is 4.79 Å². The van der Waals surface area contributed by atoms with E-state index in [2.05, 4.69) is 10.3 Å². The van der Waals surface area contributed by atoms with Crippen LogP contribution in [0.3, 0.4) is 0 Å². The Bertz CT molecular complexity index is 304. The summed E-state index contributed by atoms with van der Waals surface area (Å²) in [6, 6.07) is 3.25. The van der Waals surface area contributed by atoms with Crippen molar-refractivity contribution >= 4 is 6.09 Å². The molecule has 1 aromatic heterocycles. The maximum Gasteiger partial charge on any atom is 0.413 e. The van der Waals surface area contributed by atoms with Crippen molar-refractivity contribution in [2.24, 2.45) is 0 Å². The number of nitrogens with one attached hydrogen (secondary N) is 1. The average Bonchev–Trinajstić information content (AvgIpc) is 2.02. The van der Waals surface area contributed by atoms with Crippen molar-refractivity contribution in [3.63, 3.8) is 0 Å². The standard InChI is InChI=1S/C10H14N2O2/c1-10(2,3)12-9(13)14-8-4-6-11-7-5-8/h4-7H,1-3H3,(H,12,13). The van der Waals surface area contributed by atoms with Crippen molar-refractivity contribution in [2.75, 3.05) is 0 Å². The average molecular weight is 194 g/mol. The molecule has 14 heavy (non-hydrogen) atoms. The van der Waals surface area contributed by atoms with Crippen LogP contribution in [0.4, 0.5) is 4.79 Å². The van der Waals surface area contributed by atoms with Crippen LogP contribution in [0.1, 0.15) is 20.8 Å². The van der Waals surface area contributed by atoms with Crippen LogP contribution in [0.5, 0.6) is 5.75 Å². The van der Waals surface area contributed by atoms with E-state index in [-0.39, 0.29) is 5.54 Å². The lowest BCUT2D eigenvalue weighted by atomic mass is 10.1. The van der Waals surface area contributed by atoms with Crippen LogP contribution >= 0.6 is 0 Å². The minimum absolute atomic E-state index is 0.288. The second-order valence-corrected chi connectivity index (χ2v) is 3.95. The number of nitrogens with zero attached hydrogens (tertiary/aromatic N) is 1. The summed E-state index contributed by atoms with van der Waals surface area (Å²) in [5, 5.41) is 2.69. The van der Waals surface area contributed by atoms with Crippen LogP contribution in [-0.4, -0.2) is 16.6 Å². The Balaban J connectivity index is 2.50. The number of aromatic nitrogens is 1. The summed E-state index contributed by atoms with van der Waals surface area (Å²) in [5.74, 6) is 0.488. The number of rotatable bonds is 1. The lowest BCUT2D eigenvalue weighted by Crippen LogP contribution is -2.42. The summed E-state index contributed by atoms with van der Waals surface area (Å²) in [7, 11) is 0. The van der Waals surface area contributed by atoms with Crippen molar-refractivity contribution in [3.05, 3.63) is 24.5 Å². The Morgan fingerprint density at radius 1 is 1.36 bits per heavy atom. The fourth-order valence-electron chi connectivity index (χ4n) is 0.845. The molecule has 4 nitrogen and oxygen atoms in total. The molecule has 0 fully saturated rings. The van der Waals surface area contributed by atoms with E-state index >= 15 is 0 Å². The topological polar surface area (TPSA) is 51.2 Å². The van der Waals surface area contributed by atoms with Gasteiger partial charge in [-0.05, 0) is 32.9 Å². The molecule has 0 spiro atoms. The van der Waals surface area contributed by atoms with Gasteiger partial charge in [0.25, 0.3) is 0 Å². The first-order chi connectivity index (χ1) is 6.47. The molecule has 1 rings (SSSR count). The van der Waals surface area contributed by atoms with Crippen molar-refractivity contribution in [2.45, 2.75) is 26.3 Å². The number of carbonyl (C=O) groups is 1. The molecule has 0 bridgehead atoms. The van der Waals surface area contributed by atoms with Crippen molar-refractivity contribution in [1.29, 1.82) is 0 Å². The van der Waals surface area contributed by atoms with Crippen molar-refractivity contribution < 1.29 is 9.53 Å². The number of hydrogen-bond donors (Lipinski definition) is 1. The first kappa shape index (κ1) is 10.5. The highest BCUT2D eigenvalue weighted by molar-refractivity contribution is 5.70. The zero-order valence-electron chi connectivity index (χ0n) is 8.57. The highest BCUT2D eigenvalue weighted by Gasteiger charge is 2.14. The Morgan fingerprint density at radius 3 is 2.43 bits per heavy atom. The highest BCUT2D eigenvalue weighted by Crippen LogP contribution is 2.08. The molecule has 76 valence electrons. The summed E-state index contributed by atoms with van der Waals surface area (Å²) in [6.07, 6.45) is 2.68. The number of pyridine rings is 1. The van der Waals surface area contributed by atoms with Gasteiger partial charge in [0.05, 0.1) is 0 Å². The SMILES string of the molecule is CC(C)(C)NC(=O)Oc1ccncc1. The fraction of sp³-hybridized carbons (Fsp3) is 0.400. The quantitative estimate of drug-likeness (QED) is 0.743. The zero-order valence-corrected chi connectivity index (χ0v) is 8.57. The van der Waals surface area contributed by atoms with Gasteiger partial charge in [0.2, 0.25) is 0 Å². The molecule has 0 aliphatic heterocycles. The third-order valence-electron chi connectivity index (χ3n) is 1.34. The minimum atomic E-state index is -0.455. The first-order valence-corrected chi connectivity index (χ1v) is 4.37. The van der Waals surface area contributed by atoms with E-state index < -0.39 is 6.09 Å². The van der Waals surface area contributed by atoms with Crippen LogP contribution in [0.25, 0.3) is 0 Å². The van der Waals surface area contributed by atoms with E-state index in [0.717, 1.165) is 0 Å². The summed E-state index contributed by atoms with van der Waals surface area (Å²) >= 11 is 0. The molecule has 1 aromatic rings. The molecule has 0 atom stereocenters. The summed E-state index contributed by atoms with van der Waals surface area (Å²) < 4.78 is 5.00. The molecule has 0 radical (unpaired) electrons. The van der Waals surface area contributed by atoms with Crippen LogP contribution in [0.2, 0.25) is 0 Å². The van der Waals surface area contributed by atoms with Gasteiger partial charge in [0.1, 0.15) is 5.75 Å². The Kier molecular flexibility index (Phi) is 3.06. The first-order valence-electron chi connectivity index (χ1n) is 4.37. The van der Waals surface area contributed by atoms with Crippen molar-refractivity contribution in [3.8, 4) is 5.75 Å². The molecule has 1 heterocycles. The van der Waals surface area contributed by atoms with Gasteiger partial charge in [-0.15, -0.1) is 0 Å². The van der Waals surface area contributed by atoms with Gasteiger partial charge in [0, 0.05) is 17.9 Å². The molecule has 4 heteroatoms. The molecule has 0 aliphatic rings. The normalized spacial score (nSPS) is 10.8. The molecular weight excluding hydrogens is 180 g/mol. The van der Waals surface area contributed by atoms with E-state index in [1.54, 1.807) is 24.5 Å². The molecule has 1 amide bonds. The van der Waals surface area contributed by atoms with E-state index in [1.165, 1.54) is 0 Å². The van der Waals surface area contributed by atoms with Crippen LogP contribution in [0, 0.1) is 0 Å². The van der Waals surface area contributed by atoms with Crippen LogP contribution in [-0.2, 0) is 0 Å². The molecule has 0 saturated carbocycles. The number of ether oxygens (including phenoxy) is 1. The highest BCUT2D eigenvalue weighted by atomic mass is 16.6. The van der Waals surface area contributed by atoms with E-state index in [1.807, 2.05) is 20.8 Å². The minimum Gasteiger partial charge on any atom is -0.410 e. The number of hydrogen-bond acceptors (Lipinski definition) is 3. The number of amides is 1. The summed E-state index contributed by atoms with van der Waals surface area (Å²) in [6.45, 7) is 5.67. The fourth-order valence-corrected chi connectivity index (χ4v) is 0.845. The van der Waals surface area contributed by atoms with Gasteiger partial charge in [-0.2, -0.15) is 0 Å². The van der Waals surface area contributed by atoms with Crippen molar-refractivity contribution in [1.82, 2.24) is 10.3 Å². The third kappa shape index (κ3) is 3.89. The smallest absolute Gasteiger partial charge is 0.410 e.